The van der Waals surface area contributed by atoms with Crippen molar-refractivity contribution in [2.24, 2.45) is 5.92 Å². The van der Waals surface area contributed by atoms with Crippen LogP contribution in [0.5, 0.6) is 0 Å². The molecule has 0 spiro atoms. The minimum absolute atomic E-state index is 0.0840. The van der Waals surface area contributed by atoms with Gasteiger partial charge in [-0.2, -0.15) is 0 Å². The second kappa shape index (κ2) is 6.02. The van der Waals surface area contributed by atoms with Crippen molar-refractivity contribution >= 4 is 33.9 Å². The number of carbonyl (C=O) groups excluding carboxylic acids is 1. The van der Waals surface area contributed by atoms with Crippen molar-refractivity contribution in [3.05, 3.63) is 40.4 Å². The van der Waals surface area contributed by atoms with Gasteiger partial charge < -0.3 is 10.4 Å². The van der Waals surface area contributed by atoms with Gasteiger partial charge in [0.2, 0.25) is 5.91 Å². The zero-order chi connectivity index (χ0) is 13.8. The number of hydrogen-bond acceptors (Lipinski definition) is 2. The van der Waals surface area contributed by atoms with Gasteiger partial charge in [-0.1, -0.05) is 28.1 Å². The highest BCUT2D eigenvalue weighted by atomic mass is 79.9. The van der Waals surface area contributed by atoms with Crippen LogP contribution in [0.1, 0.15) is 18.4 Å². The maximum atomic E-state index is 11.7. The Balaban J connectivity index is 1.95. The third-order valence-corrected chi connectivity index (χ3v) is 3.43. The number of carboxylic acid groups (broad SMARTS) is 1. The number of rotatable bonds is 5. The van der Waals surface area contributed by atoms with Crippen LogP contribution in [0.25, 0.3) is 6.08 Å². The summed E-state index contributed by atoms with van der Waals surface area (Å²) < 4.78 is 0.927. The van der Waals surface area contributed by atoms with E-state index in [4.69, 9.17) is 5.11 Å². The highest BCUT2D eigenvalue weighted by molar-refractivity contribution is 9.10. The lowest BCUT2D eigenvalue weighted by Crippen LogP contribution is -2.41. The first-order valence-electron chi connectivity index (χ1n) is 6.03. The quantitative estimate of drug-likeness (QED) is 0.818. The van der Waals surface area contributed by atoms with Gasteiger partial charge in [-0.05, 0) is 42.5 Å². The Morgan fingerprint density at radius 3 is 2.74 bits per heavy atom. The van der Waals surface area contributed by atoms with Crippen LogP contribution in [0.3, 0.4) is 0 Å². The molecule has 19 heavy (non-hydrogen) atoms. The van der Waals surface area contributed by atoms with Gasteiger partial charge in [0, 0.05) is 10.5 Å². The maximum Gasteiger partial charge on any atom is 0.326 e. The SMILES string of the molecule is O=C(/C=C/c1cccc(Br)c1)NC(C(=O)O)C1CC1. The summed E-state index contributed by atoms with van der Waals surface area (Å²) in [5.41, 5.74) is 0.878. The number of carbonyl (C=O) groups is 2. The van der Waals surface area contributed by atoms with E-state index in [1.54, 1.807) is 6.08 Å². The molecule has 1 saturated carbocycles. The molecule has 100 valence electrons. The minimum Gasteiger partial charge on any atom is -0.480 e. The summed E-state index contributed by atoms with van der Waals surface area (Å²) in [4.78, 5) is 22.7. The number of hydrogen-bond donors (Lipinski definition) is 2. The Hall–Kier alpha value is -1.62. The van der Waals surface area contributed by atoms with Crippen molar-refractivity contribution in [2.75, 3.05) is 0 Å². The van der Waals surface area contributed by atoms with E-state index in [0.29, 0.717) is 0 Å². The van der Waals surface area contributed by atoms with Crippen LogP contribution in [-0.4, -0.2) is 23.0 Å². The van der Waals surface area contributed by atoms with Gasteiger partial charge in [-0.15, -0.1) is 0 Å². The number of amides is 1. The Morgan fingerprint density at radius 2 is 2.16 bits per heavy atom. The van der Waals surface area contributed by atoms with Crippen molar-refractivity contribution in [2.45, 2.75) is 18.9 Å². The zero-order valence-corrected chi connectivity index (χ0v) is 11.8. The molecule has 0 radical (unpaired) electrons. The molecule has 1 aromatic rings. The Morgan fingerprint density at radius 1 is 1.42 bits per heavy atom. The largest absolute Gasteiger partial charge is 0.480 e. The molecule has 0 aliphatic heterocycles. The third kappa shape index (κ3) is 4.21. The number of carboxylic acids is 1. The van der Waals surface area contributed by atoms with E-state index in [1.165, 1.54) is 6.08 Å². The molecule has 1 atom stereocenters. The highest BCUT2D eigenvalue weighted by Gasteiger charge is 2.36. The first-order chi connectivity index (χ1) is 9.06. The third-order valence-electron chi connectivity index (χ3n) is 2.93. The molecule has 0 saturated heterocycles. The van der Waals surface area contributed by atoms with Gasteiger partial charge in [-0.3, -0.25) is 4.79 Å². The molecule has 1 aliphatic carbocycles. The summed E-state index contributed by atoms with van der Waals surface area (Å²) in [6.45, 7) is 0. The van der Waals surface area contributed by atoms with Crippen LogP contribution in [-0.2, 0) is 9.59 Å². The number of aliphatic carboxylic acids is 1. The van der Waals surface area contributed by atoms with Crippen molar-refractivity contribution in [3.8, 4) is 0 Å². The monoisotopic (exact) mass is 323 g/mol. The summed E-state index contributed by atoms with van der Waals surface area (Å²) >= 11 is 3.34. The predicted molar refractivity (Wildman–Crippen MR) is 75.5 cm³/mol. The molecule has 1 aromatic carbocycles. The van der Waals surface area contributed by atoms with Crippen LogP contribution < -0.4 is 5.32 Å². The highest BCUT2D eigenvalue weighted by Crippen LogP contribution is 2.32. The van der Waals surface area contributed by atoms with E-state index in [1.807, 2.05) is 24.3 Å². The molecule has 0 bridgehead atoms. The van der Waals surface area contributed by atoms with E-state index in [0.717, 1.165) is 22.9 Å². The first kappa shape index (κ1) is 13.8. The topological polar surface area (TPSA) is 66.4 Å². The van der Waals surface area contributed by atoms with Crippen LogP contribution in [0, 0.1) is 5.92 Å². The lowest BCUT2D eigenvalue weighted by Gasteiger charge is -2.11. The molecule has 2 rings (SSSR count). The number of nitrogens with one attached hydrogen (secondary N) is 1. The number of benzene rings is 1. The zero-order valence-electron chi connectivity index (χ0n) is 10.2. The van der Waals surface area contributed by atoms with Crippen LogP contribution in [0.15, 0.2) is 34.8 Å². The number of halogens is 1. The van der Waals surface area contributed by atoms with E-state index < -0.39 is 12.0 Å². The van der Waals surface area contributed by atoms with Crippen LogP contribution in [0.2, 0.25) is 0 Å². The van der Waals surface area contributed by atoms with Gasteiger partial charge in [0.05, 0.1) is 0 Å². The fourth-order valence-corrected chi connectivity index (χ4v) is 2.21. The normalized spacial score (nSPS) is 16.3. The van der Waals surface area contributed by atoms with Crippen molar-refractivity contribution in [3.63, 3.8) is 0 Å². The molecule has 2 N–H and O–H groups in total. The molecular formula is C14H14BrNO3. The lowest BCUT2D eigenvalue weighted by atomic mass is 10.2. The second-order valence-electron chi connectivity index (χ2n) is 4.55. The maximum absolute atomic E-state index is 11.7. The van der Waals surface area contributed by atoms with E-state index >= 15 is 0 Å². The summed E-state index contributed by atoms with van der Waals surface area (Å²) in [5.74, 6) is -1.26. The minimum atomic E-state index is -0.966. The molecule has 4 nitrogen and oxygen atoms in total. The average molecular weight is 324 g/mol. The second-order valence-corrected chi connectivity index (χ2v) is 5.47. The summed E-state index contributed by atoms with van der Waals surface area (Å²) in [5, 5.41) is 11.5. The molecule has 5 heteroatoms. The Kier molecular flexibility index (Phi) is 4.37. The molecule has 1 fully saturated rings. The average Bonchev–Trinajstić information content (AvgIpc) is 3.17. The van der Waals surface area contributed by atoms with Crippen molar-refractivity contribution in [1.29, 1.82) is 0 Å². The van der Waals surface area contributed by atoms with E-state index in [9.17, 15) is 9.59 Å². The Labute approximate surface area is 119 Å². The van der Waals surface area contributed by atoms with Gasteiger partial charge in [0.15, 0.2) is 0 Å². The fourth-order valence-electron chi connectivity index (χ4n) is 1.79. The van der Waals surface area contributed by atoms with Crippen molar-refractivity contribution < 1.29 is 14.7 Å². The first-order valence-corrected chi connectivity index (χ1v) is 6.82. The fraction of sp³-hybridized carbons (Fsp3) is 0.286. The summed E-state index contributed by atoms with van der Waals surface area (Å²) in [6, 6.07) is 6.74. The Bertz CT molecular complexity index is 523. The van der Waals surface area contributed by atoms with E-state index in [-0.39, 0.29) is 11.8 Å². The molecule has 0 heterocycles. The summed E-state index contributed by atoms with van der Waals surface area (Å²) in [6.07, 6.45) is 4.76. The molecular weight excluding hydrogens is 310 g/mol. The molecule has 1 aliphatic rings. The van der Waals surface area contributed by atoms with Crippen LogP contribution in [0.4, 0.5) is 0 Å². The van der Waals surface area contributed by atoms with Gasteiger partial charge in [-0.25, -0.2) is 4.79 Å². The van der Waals surface area contributed by atoms with Gasteiger partial charge in [0.25, 0.3) is 0 Å². The molecule has 1 unspecified atom stereocenters. The lowest BCUT2D eigenvalue weighted by molar-refractivity contribution is -0.141. The smallest absolute Gasteiger partial charge is 0.326 e. The summed E-state index contributed by atoms with van der Waals surface area (Å²) in [7, 11) is 0. The predicted octanol–water partition coefficient (Wildman–Crippen LogP) is 2.44. The van der Waals surface area contributed by atoms with E-state index in [2.05, 4.69) is 21.2 Å². The van der Waals surface area contributed by atoms with Crippen molar-refractivity contribution in [1.82, 2.24) is 5.32 Å². The standard InChI is InChI=1S/C14H14BrNO3/c15-11-3-1-2-9(8-11)4-7-12(17)16-13(14(18)19)10-5-6-10/h1-4,7-8,10,13H,5-6H2,(H,16,17)(H,18,19)/b7-4+. The molecule has 1 amide bonds. The molecule has 0 aromatic heterocycles. The van der Waals surface area contributed by atoms with Gasteiger partial charge in [0.1, 0.15) is 6.04 Å². The van der Waals surface area contributed by atoms with Gasteiger partial charge >= 0.3 is 5.97 Å². The van der Waals surface area contributed by atoms with Crippen LogP contribution >= 0.6 is 15.9 Å².